The van der Waals surface area contributed by atoms with Crippen molar-refractivity contribution < 1.29 is 0 Å². The minimum absolute atomic E-state index is 0.224. The summed E-state index contributed by atoms with van der Waals surface area (Å²) in [5, 5.41) is 9.46. The van der Waals surface area contributed by atoms with E-state index < -0.39 is 0 Å². The van der Waals surface area contributed by atoms with E-state index in [2.05, 4.69) is 0 Å². The summed E-state index contributed by atoms with van der Waals surface area (Å²) in [6, 6.07) is 5.18. The van der Waals surface area contributed by atoms with Crippen LogP contribution in [-0.4, -0.2) is 0 Å². The molecule has 1 aromatic carbocycles. The maximum absolute atomic E-state index is 8.66. The first kappa shape index (κ1) is 9.34. The fourth-order valence-corrected chi connectivity index (χ4v) is 1.32. The summed E-state index contributed by atoms with van der Waals surface area (Å²) in [5.41, 5.74) is 6.48. The highest BCUT2D eigenvalue weighted by molar-refractivity contribution is 6.42. The molecule has 0 atom stereocenters. The lowest BCUT2D eigenvalue weighted by Gasteiger charge is -2.04. The van der Waals surface area contributed by atoms with Gasteiger partial charge in [0.15, 0.2) is 0 Å². The molecule has 62 valence electrons. The van der Waals surface area contributed by atoms with Gasteiger partial charge in [0.05, 0.1) is 21.7 Å². The molecule has 2 nitrogen and oxygen atoms in total. The number of nitrogens with zero attached hydrogens (tertiary/aromatic N) is 1. The Balaban J connectivity index is 3.38. The minimum atomic E-state index is 0.224. The summed E-state index contributed by atoms with van der Waals surface area (Å²) in [4.78, 5) is 0. The van der Waals surface area contributed by atoms with E-state index >= 15 is 0 Å². The van der Waals surface area contributed by atoms with Gasteiger partial charge < -0.3 is 5.73 Å². The zero-order chi connectivity index (χ0) is 9.14. The maximum Gasteiger partial charge on any atom is 0.0995 e. The van der Waals surface area contributed by atoms with Crippen molar-refractivity contribution in [2.45, 2.75) is 6.54 Å². The van der Waals surface area contributed by atoms with Crippen molar-refractivity contribution in [1.82, 2.24) is 0 Å². The summed E-state index contributed by atoms with van der Waals surface area (Å²) in [7, 11) is 0. The highest BCUT2D eigenvalue weighted by Gasteiger charge is 2.08. The summed E-state index contributed by atoms with van der Waals surface area (Å²) < 4.78 is 0. The molecular formula is C8H6Cl2N2. The first-order chi connectivity index (χ1) is 5.70. The van der Waals surface area contributed by atoms with Gasteiger partial charge in [-0.15, -0.1) is 0 Å². The summed E-state index contributed by atoms with van der Waals surface area (Å²) >= 11 is 11.5. The predicted molar refractivity (Wildman–Crippen MR) is 49.1 cm³/mol. The highest BCUT2D eigenvalue weighted by atomic mass is 35.5. The molecule has 0 unspecified atom stereocenters. The number of nitriles is 1. The Hall–Kier alpha value is -0.750. The van der Waals surface area contributed by atoms with Crippen LogP contribution in [-0.2, 0) is 6.54 Å². The molecule has 1 aromatic rings. The van der Waals surface area contributed by atoms with Crippen molar-refractivity contribution in [3.05, 3.63) is 33.3 Å². The molecule has 0 bridgehead atoms. The Morgan fingerprint density at radius 2 is 2.08 bits per heavy atom. The van der Waals surface area contributed by atoms with Crippen LogP contribution in [0.4, 0.5) is 0 Å². The molecule has 4 heteroatoms. The third kappa shape index (κ3) is 1.54. The van der Waals surface area contributed by atoms with Crippen LogP contribution >= 0.6 is 23.2 Å². The predicted octanol–water partition coefficient (Wildman–Crippen LogP) is 2.32. The standard InChI is InChI=1S/C8H6Cl2N2/c9-7-2-1-5(3-11)6(4-12)8(7)10/h1-2H,4,12H2. The number of hydrogen-bond donors (Lipinski definition) is 1. The van der Waals surface area contributed by atoms with E-state index in [0.29, 0.717) is 21.2 Å². The van der Waals surface area contributed by atoms with Gasteiger partial charge in [-0.25, -0.2) is 0 Å². The summed E-state index contributed by atoms with van der Waals surface area (Å²) in [5.74, 6) is 0. The van der Waals surface area contributed by atoms with Gasteiger partial charge in [-0.3, -0.25) is 0 Å². The molecule has 0 aromatic heterocycles. The van der Waals surface area contributed by atoms with Crippen molar-refractivity contribution in [1.29, 1.82) is 5.26 Å². The van der Waals surface area contributed by atoms with E-state index in [0.717, 1.165) is 0 Å². The SMILES string of the molecule is N#Cc1ccc(Cl)c(Cl)c1CN. The zero-order valence-electron chi connectivity index (χ0n) is 6.14. The average molecular weight is 201 g/mol. The summed E-state index contributed by atoms with van der Waals surface area (Å²) in [6.45, 7) is 0.224. The Labute approximate surface area is 80.5 Å². The van der Waals surface area contributed by atoms with Crippen molar-refractivity contribution >= 4 is 23.2 Å². The lowest BCUT2D eigenvalue weighted by molar-refractivity contribution is 1.06. The smallest absolute Gasteiger partial charge is 0.0995 e. The molecule has 0 aliphatic carbocycles. The monoisotopic (exact) mass is 200 g/mol. The topological polar surface area (TPSA) is 49.8 Å². The molecule has 0 amide bonds. The van der Waals surface area contributed by atoms with Gasteiger partial charge >= 0.3 is 0 Å². The quantitative estimate of drug-likeness (QED) is 0.757. The second kappa shape index (κ2) is 3.77. The van der Waals surface area contributed by atoms with E-state index in [1.54, 1.807) is 12.1 Å². The molecule has 0 heterocycles. The van der Waals surface area contributed by atoms with E-state index in [4.69, 9.17) is 34.2 Å². The van der Waals surface area contributed by atoms with E-state index in [1.807, 2.05) is 6.07 Å². The van der Waals surface area contributed by atoms with Crippen molar-refractivity contribution in [3.63, 3.8) is 0 Å². The van der Waals surface area contributed by atoms with E-state index in [1.165, 1.54) is 0 Å². The van der Waals surface area contributed by atoms with Crippen LogP contribution in [0.25, 0.3) is 0 Å². The molecule has 0 saturated carbocycles. The number of rotatable bonds is 1. The maximum atomic E-state index is 8.66. The number of halogens is 2. The number of benzene rings is 1. The van der Waals surface area contributed by atoms with Gasteiger partial charge in [0, 0.05) is 12.1 Å². The van der Waals surface area contributed by atoms with Gasteiger partial charge in [-0.2, -0.15) is 5.26 Å². The average Bonchev–Trinajstić information content (AvgIpc) is 2.09. The van der Waals surface area contributed by atoms with Gasteiger partial charge in [-0.05, 0) is 12.1 Å². The van der Waals surface area contributed by atoms with Crippen LogP contribution in [0.5, 0.6) is 0 Å². The normalized spacial score (nSPS) is 9.50. The first-order valence-electron chi connectivity index (χ1n) is 3.27. The number of hydrogen-bond acceptors (Lipinski definition) is 2. The van der Waals surface area contributed by atoms with Gasteiger partial charge in [0.2, 0.25) is 0 Å². The van der Waals surface area contributed by atoms with Crippen LogP contribution in [0.1, 0.15) is 11.1 Å². The summed E-state index contributed by atoms with van der Waals surface area (Å²) in [6.07, 6.45) is 0. The van der Waals surface area contributed by atoms with Crippen molar-refractivity contribution in [2.75, 3.05) is 0 Å². The minimum Gasteiger partial charge on any atom is -0.326 e. The van der Waals surface area contributed by atoms with Crippen LogP contribution in [0, 0.1) is 11.3 Å². The van der Waals surface area contributed by atoms with Crippen molar-refractivity contribution in [3.8, 4) is 6.07 Å². The Morgan fingerprint density at radius 1 is 1.42 bits per heavy atom. The third-order valence-electron chi connectivity index (χ3n) is 1.52. The van der Waals surface area contributed by atoms with E-state index in [-0.39, 0.29) is 6.54 Å². The molecule has 12 heavy (non-hydrogen) atoms. The number of nitrogens with two attached hydrogens (primary N) is 1. The van der Waals surface area contributed by atoms with Crippen molar-refractivity contribution in [2.24, 2.45) is 5.73 Å². The first-order valence-corrected chi connectivity index (χ1v) is 4.03. The Bertz CT molecular complexity index is 342. The molecule has 0 radical (unpaired) electrons. The van der Waals surface area contributed by atoms with Gasteiger partial charge in [-0.1, -0.05) is 23.2 Å². The highest BCUT2D eigenvalue weighted by Crippen LogP contribution is 2.27. The van der Waals surface area contributed by atoms with Crippen LogP contribution in [0.3, 0.4) is 0 Å². The molecule has 0 aliphatic heterocycles. The Kier molecular flexibility index (Phi) is 2.93. The second-order valence-corrected chi connectivity index (χ2v) is 2.99. The van der Waals surface area contributed by atoms with Crippen LogP contribution in [0.2, 0.25) is 10.0 Å². The van der Waals surface area contributed by atoms with Gasteiger partial charge in [0.25, 0.3) is 0 Å². The zero-order valence-corrected chi connectivity index (χ0v) is 7.65. The lowest BCUT2D eigenvalue weighted by Crippen LogP contribution is -2.00. The molecular weight excluding hydrogens is 195 g/mol. The van der Waals surface area contributed by atoms with Crippen LogP contribution < -0.4 is 5.73 Å². The molecule has 0 saturated heterocycles. The lowest BCUT2D eigenvalue weighted by atomic mass is 10.1. The molecule has 2 N–H and O–H groups in total. The molecule has 0 aliphatic rings. The third-order valence-corrected chi connectivity index (χ3v) is 2.36. The fraction of sp³-hybridized carbons (Fsp3) is 0.125. The second-order valence-electron chi connectivity index (χ2n) is 2.20. The molecule has 0 fully saturated rings. The van der Waals surface area contributed by atoms with Gasteiger partial charge in [0.1, 0.15) is 0 Å². The molecule has 0 spiro atoms. The Morgan fingerprint density at radius 3 is 2.58 bits per heavy atom. The largest absolute Gasteiger partial charge is 0.326 e. The van der Waals surface area contributed by atoms with E-state index in [9.17, 15) is 0 Å². The fourth-order valence-electron chi connectivity index (χ4n) is 0.897. The van der Waals surface area contributed by atoms with Crippen LogP contribution in [0.15, 0.2) is 12.1 Å². The molecule has 1 rings (SSSR count).